The molecule has 18 heavy (non-hydrogen) atoms. The average Bonchev–Trinajstić information content (AvgIpc) is 2.39. The Morgan fingerprint density at radius 2 is 1.72 bits per heavy atom. The van der Waals surface area contributed by atoms with Crippen LogP contribution in [0.5, 0.6) is 5.75 Å². The van der Waals surface area contributed by atoms with Gasteiger partial charge in [-0.05, 0) is 36.7 Å². The zero-order chi connectivity index (χ0) is 13.4. The molecule has 0 aliphatic rings. The molecule has 1 rings (SSSR count). The molecule has 102 valence electrons. The lowest BCUT2D eigenvalue weighted by Crippen LogP contribution is -2.40. The molecule has 0 fully saturated rings. The number of ether oxygens (including phenoxy) is 1. The van der Waals surface area contributed by atoms with Gasteiger partial charge in [0.05, 0.1) is 0 Å². The molecule has 0 bridgehead atoms. The van der Waals surface area contributed by atoms with Crippen LogP contribution in [-0.2, 0) is 0 Å². The Kier molecular flexibility index (Phi) is 7.14. The van der Waals surface area contributed by atoms with Crippen LogP contribution in [-0.4, -0.2) is 19.2 Å². The van der Waals surface area contributed by atoms with Crippen molar-refractivity contribution in [1.82, 2.24) is 5.32 Å². The van der Waals surface area contributed by atoms with Crippen LogP contribution in [0.15, 0.2) is 24.3 Å². The Hall–Kier alpha value is -0.730. The van der Waals surface area contributed by atoms with Crippen molar-refractivity contribution in [2.24, 2.45) is 5.92 Å². The molecular formula is C15H24ClNO. The monoisotopic (exact) mass is 269 g/mol. The number of rotatable bonds is 8. The largest absolute Gasteiger partial charge is 0.492 e. The lowest BCUT2D eigenvalue weighted by Gasteiger charge is -2.26. The quantitative estimate of drug-likeness (QED) is 0.766. The van der Waals surface area contributed by atoms with Crippen LogP contribution in [0.25, 0.3) is 0 Å². The van der Waals surface area contributed by atoms with Gasteiger partial charge < -0.3 is 10.1 Å². The number of hydrogen-bond donors (Lipinski definition) is 1. The highest BCUT2D eigenvalue weighted by molar-refractivity contribution is 6.30. The van der Waals surface area contributed by atoms with E-state index in [1.54, 1.807) is 0 Å². The molecule has 0 heterocycles. The zero-order valence-electron chi connectivity index (χ0n) is 11.6. The first-order valence-electron chi connectivity index (χ1n) is 6.82. The average molecular weight is 270 g/mol. The van der Waals surface area contributed by atoms with E-state index in [1.165, 1.54) is 12.8 Å². The third-order valence-corrected chi connectivity index (χ3v) is 3.58. The van der Waals surface area contributed by atoms with E-state index >= 15 is 0 Å². The van der Waals surface area contributed by atoms with E-state index in [2.05, 4.69) is 26.1 Å². The summed E-state index contributed by atoms with van der Waals surface area (Å²) in [6, 6.07) is 7.96. The van der Waals surface area contributed by atoms with Crippen LogP contribution < -0.4 is 10.1 Å². The molecule has 0 spiro atoms. The molecule has 1 aromatic rings. The first kappa shape index (κ1) is 15.3. The zero-order valence-corrected chi connectivity index (χ0v) is 12.3. The maximum atomic E-state index is 5.85. The molecule has 0 aromatic heterocycles. The van der Waals surface area contributed by atoms with Gasteiger partial charge in [-0.1, -0.05) is 45.2 Å². The molecule has 0 aliphatic carbocycles. The van der Waals surface area contributed by atoms with Crippen molar-refractivity contribution in [3.8, 4) is 5.75 Å². The molecular weight excluding hydrogens is 246 g/mol. The number of nitrogens with one attached hydrogen (secondary N) is 1. The van der Waals surface area contributed by atoms with Gasteiger partial charge in [0.1, 0.15) is 12.4 Å². The fourth-order valence-electron chi connectivity index (χ4n) is 2.20. The van der Waals surface area contributed by atoms with Crippen molar-refractivity contribution in [3.63, 3.8) is 0 Å². The SMILES string of the molecule is CCNC(COc1ccc(Cl)cc1)C(CC)CC. The van der Waals surface area contributed by atoms with Crippen LogP contribution in [0.3, 0.4) is 0 Å². The molecule has 1 unspecified atom stereocenters. The summed E-state index contributed by atoms with van der Waals surface area (Å²) in [5, 5.41) is 4.26. The van der Waals surface area contributed by atoms with E-state index in [4.69, 9.17) is 16.3 Å². The summed E-state index contributed by atoms with van der Waals surface area (Å²) in [7, 11) is 0. The molecule has 1 N–H and O–H groups in total. The van der Waals surface area contributed by atoms with E-state index < -0.39 is 0 Å². The van der Waals surface area contributed by atoms with Crippen molar-refractivity contribution in [3.05, 3.63) is 29.3 Å². The van der Waals surface area contributed by atoms with Crippen molar-refractivity contribution in [2.75, 3.05) is 13.2 Å². The molecule has 0 saturated heterocycles. The molecule has 1 aromatic carbocycles. The van der Waals surface area contributed by atoms with Gasteiger partial charge in [-0.3, -0.25) is 0 Å². The van der Waals surface area contributed by atoms with Gasteiger partial charge in [-0.25, -0.2) is 0 Å². The molecule has 0 saturated carbocycles. The van der Waals surface area contributed by atoms with Crippen molar-refractivity contribution < 1.29 is 4.74 Å². The highest BCUT2D eigenvalue weighted by Gasteiger charge is 2.17. The third-order valence-electron chi connectivity index (χ3n) is 3.33. The smallest absolute Gasteiger partial charge is 0.119 e. The van der Waals surface area contributed by atoms with Crippen LogP contribution >= 0.6 is 11.6 Å². The van der Waals surface area contributed by atoms with E-state index in [1.807, 2.05) is 24.3 Å². The first-order valence-corrected chi connectivity index (χ1v) is 7.20. The minimum absolute atomic E-state index is 0.417. The summed E-state index contributed by atoms with van der Waals surface area (Å²) in [6.07, 6.45) is 2.36. The summed E-state index contributed by atoms with van der Waals surface area (Å²) in [6.45, 7) is 8.30. The van der Waals surface area contributed by atoms with Crippen LogP contribution in [0.2, 0.25) is 5.02 Å². The van der Waals surface area contributed by atoms with Crippen LogP contribution in [0.1, 0.15) is 33.6 Å². The third kappa shape index (κ3) is 4.87. The fourth-order valence-corrected chi connectivity index (χ4v) is 2.32. The van der Waals surface area contributed by atoms with Crippen molar-refractivity contribution >= 4 is 11.6 Å². The van der Waals surface area contributed by atoms with Crippen molar-refractivity contribution in [2.45, 2.75) is 39.7 Å². The fraction of sp³-hybridized carbons (Fsp3) is 0.600. The van der Waals surface area contributed by atoms with Crippen molar-refractivity contribution in [1.29, 1.82) is 0 Å². The Morgan fingerprint density at radius 1 is 1.11 bits per heavy atom. The summed E-state index contributed by atoms with van der Waals surface area (Å²) >= 11 is 5.85. The lowest BCUT2D eigenvalue weighted by molar-refractivity contribution is 0.211. The normalized spacial score (nSPS) is 12.7. The predicted octanol–water partition coefficient (Wildman–Crippen LogP) is 4.13. The summed E-state index contributed by atoms with van der Waals surface area (Å²) in [5.74, 6) is 1.55. The van der Waals surface area contributed by atoms with E-state index in [-0.39, 0.29) is 0 Å². The molecule has 2 nitrogen and oxygen atoms in total. The van der Waals surface area contributed by atoms with Crippen LogP contribution in [0, 0.1) is 5.92 Å². The topological polar surface area (TPSA) is 21.3 Å². The van der Waals surface area contributed by atoms with E-state index in [9.17, 15) is 0 Å². The highest BCUT2D eigenvalue weighted by Crippen LogP contribution is 2.18. The maximum Gasteiger partial charge on any atom is 0.119 e. The first-order chi connectivity index (χ1) is 8.71. The highest BCUT2D eigenvalue weighted by atomic mass is 35.5. The molecule has 0 radical (unpaired) electrons. The second kappa shape index (κ2) is 8.39. The lowest BCUT2D eigenvalue weighted by atomic mass is 9.94. The maximum absolute atomic E-state index is 5.85. The summed E-state index contributed by atoms with van der Waals surface area (Å²) in [4.78, 5) is 0. The molecule has 3 heteroatoms. The number of likely N-dealkylation sites (N-methyl/N-ethyl adjacent to an activating group) is 1. The van der Waals surface area contributed by atoms with Gasteiger partial charge in [0.25, 0.3) is 0 Å². The van der Waals surface area contributed by atoms with Gasteiger partial charge in [0, 0.05) is 11.1 Å². The molecule has 1 atom stereocenters. The van der Waals surface area contributed by atoms with Gasteiger partial charge in [-0.15, -0.1) is 0 Å². The second-order valence-corrected chi connectivity index (χ2v) is 4.94. The second-order valence-electron chi connectivity index (χ2n) is 4.51. The Morgan fingerprint density at radius 3 is 2.22 bits per heavy atom. The minimum atomic E-state index is 0.417. The van der Waals surface area contributed by atoms with Gasteiger partial charge in [0.15, 0.2) is 0 Å². The van der Waals surface area contributed by atoms with Gasteiger partial charge in [0.2, 0.25) is 0 Å². The Bertz CT molecular complexity index is 322. The number of halogens is 1. The van der Waals surface area contributed by atoms with Gasteiger partial charge in [-0.2, -0.15) is 0 Å². The van der Waals surface area contributed by atoms with E-state index in [0.717, 1.165) is 17.3 Å². The summed E-state index contributed by atoms with van der Waals surface area (Å²) < 4.78 is 5.84. The van der Waals surface area contributed by atoms with E-state index in [0.29, 0.717) is 18.6 Å². The molecule has 0 aliphatic heterocycles. The summed E-state index contributed by atoms with van der Waals surface area (Å²) in [5.41, 5.74) is 0. The number of hydrogen-bond acceptors (Lipinski definition) is 2. The predicted molar refractivity (Wildman–Crippen MR) is 78.5 cm³/mol. The van der Waals surface area contributed by atoms with Gasteiger partial charge >= 0.3 is 0 Å². The standard InChI is InChI=1S/C15H24ClNO/c1-4-12(5-2)15(17-6-3)11-18-14-9-7-13(16)8-10-14/h7-10,12,15,17H,4-6,11H2,1-3H3. The molecule has 0 amide bonds. The van der Waals surface area contributed by atoms with Crippen LogP contribution in [0.4, 0.5) is 0 Å². The number of benzene rings is 1. The Balaban J connectivity index is 2.53. The minimum Gasteiger partial charge on any atom is -0.492 e. The Labute approximate surface area is 116 Å².